The second kappa shape index (κ2) is 23.3. The second-order valence-electron chi connectivity index (χ2n) is 14.4. The van der Waals surface area contributed by atoms with Gasteiger partial charge in [-0.05, 0) is 65.3 Å². The van der Waals surface area contributed by atoms with Crippen LogP contribution >= 0.6 is 45.9 Å². The summed E-state index contributed by atoms with van der Waals surface area (Å²) in [6.07, 6.45) is 1.91. The van der Waals surface area contributed by atoms with Gasteiger partial charge in [0.05, 0.1) is 21.4 Å². The maximum atomic E-state index is 14.6. The number of rotatable bonds is 12. The number of likely N-dealkylation sites (N-methyl/N-ethyl adjacent to an activating group) is 2. The van der Waals surface area contributed by atoms with Crippen molar-refractivity contribution >= 4 is 101 Å². The smallest absolute Gasteiger partial charge is 0.290 e. The van der Waals surface area contributed by atoms with Gasteiger partial charge in [0, 0.05) is 73.0 Å². The Morgan fingerprint density at radius 1 is 0.688 bits per heavy atom. The third kappa shape index (κ3) is 15.5. The van der Waals surface area contributed by atoms with Crippen LogP contribution in [0.5, 0.6) is 0 Å². The number of aromatic nitrogens is 2. The Kier molecular flexibility index (Phi) is 19.7. The minimum Gasteiger partial charge on any atom is -0.483 e. The van der Waals surface area contributed by atoms with Gasteiger partial charge in [0.25, 0.3) is 33.0 Å². The Balaban J connectivity index is 0.000000303. The average molecular weight is 1030 g/mol. The zero-order valence-corrected chi connectivity index (χ0v) is 38.9. The number of thiazole rings is 2. The molecule has 0 saturated heterocycles. The molecule has 64 heavy (non-hydrogen) atoms. The van der Waals surface area contributed by atoms with Crippen molar-refractivity contribution in [3.63, 3.8) is 0 Å². The maximum Gasteiger partial charge on any atom is 0.290 e. The maximum absolute atomic E-state index is 14.6. The van der Waals surface area contributed by atoms with Crippen molar-refractivity contribution in [2.75, 3.05) is 48.3 Å². The fourth-order valence-electron chi connectivity index (χ4n) is 6.62. The van der Waals surface area contributed by atoms with Crippen molar-refractivity contribution in [2.45, 2.75) is 84.3 Å². The predicted octanol–water partition coefficient (Wildman–Crippen LogP) is 7.93. The molecule has 0 radical (unpaired) electrons. The van der Waals surface area contributed by atoms with Gasteiger partial charge in [-0.2, -0.15) is 0 Å². The normalized spacial score (nSPS) is 20.2. The molecule has 6 N–H and O–H groups in total. The zero-order chi connectivity index (χ0) is 48.2. The average Bonchev–Trinajstić information content (AvgIpc) is 3.90. The lowest BCUT2D eigenvalue weighted by atomic mass is 9.86. The van der Waals surface area contributed by atoms with Gasteiger partial charge in [-0.1, -0.05) is 23.2 Å². The molecule has 2 aromatic heterocycles. The minimum absolute atomic E-state index is 0.0271. The SMILES string of the molecule is CN(C)[C@@H]1CC(F)(F)CC[C@H]1Nc1cc(F)c(S(=O)(=O)Nc2nccs2)cc1Cl.CN(C)[C@H]1CC(F)(F)CC[C@@H]1Nc1cc(F)c(S(=O)(=O)Nc2nccs2)cc1Cl.O=CO.O=CO. The Hall–Kier alpha value is -4.18. The first-order valence-electron chi connectivity index (χ1n) is 18.4. The number of nitrogens with one attached hydrogen (secondary N) is 4. The van der Waals surface area contributed by atoms with Crippen LogP contribution in [0.1, 0.15) is 38.5 Å². The highest BCUT2D eigenvalue weighted by molar-refractivity contribution is 7.93. The van der Waals surface area contributed by atoms with E-state index >= 15 is 0 Å². The topological polar surface area (TPSA) is 223 Å². The number of hydrogen-bond donors (Lipinski definition) is 6. The van der Waals surface area contributed by atoms with E-state index in [-0.39, 0.29) is 83.2 Å². The van der Waals surface area contributed by atoms with E-state index in [2.05, 4.69) is 30.0 Å². The summed E-state index contributed by atoms with van der Waals surface area (Å²) >= 11 is 14.5. The molecule has 2 aromatic carbocycles. The fourth-order valence-corrected chi connectivity index (χ4v) is 10.9. The van der Waals surface area contributed by atoms with Crippen molar-refractivity contribution in [2.24, 2.45) is 0 Å². The van der Waals surface area contributed by atoms with Crippen molar-refractivity contribution in [3.05, 3.63) is 69.1 Å². The summed E-state index contributed by atoms with van der Waals surface area (Å²) in [5, 5.41) is 23.1. The van der Waals surface area contributed by atoms with Crippen LogP contribution in [0.25, 0.3) is 0 Å². The number of hydrogen-bond acceptors (Lipinski definition) is 14. The molecular formula is C36H44Cl2F6N8O8S4. The molecule has 2 aliphatic rings. The van der Waals surface area contributed by atoms with Crippen LogP contribution < -0.4 is 20.1 Å². The third-order valence-electron chi connectivity index (χ3n) is 9.53. The van der Waals surface area contributed by atoms with Crippen LogP contribution in [0.3, 0.4) is 0 Å². The number of nitrogens with zero attached hydrogens (tertiary/aromatic N) is 4. The van der Waals surface area contributed by atoms with E-state index < -0.39 is 77.5 Å². The van der Waals surface area contributed by atoms with Crippen LogP contribution in [0, 0.1) is 11.6 Å². The monoisotopic (exact) mass is 1030 g/mol. The molecule has 16 nitrogen and oxygen atoms in total. The molecular weight excluding hydrogens is 986 g/mol. The molecule has 0 spiro atoms. The predicted molar refractivity (Wildman–Crippen MR) is 233 cm³/mol. The summed E-state index contributed by atoms with van der Waals surface area (Å²) in [5.74, 6) is -7.55. The van der Waals surface area contributed by atoms with Crippen LogP contribution in [0.15, 0.2) is 57.2 Å². The number of carbonyl (C=O) groups is 2. The molecule has 4 atom stereocenters. The van der Waals surface area contributed by atoms with Gasteiger partial charge in [-0.15, -0.1) is 22.7 Å². The minimum atomic E-state index is -4.22. The summed E-state index contributed by atoms with van der Waals surface area (Å²) in [6.45, 7) is -0.500. The first kappa shape index (κ1) is 54.2. The van der Waals surface area contributed by atoms with Gasteiger partial charge in [0.1, 0.15) is 21.4 Å². The van der Waals surface area contributed by atoms with Crippen molar-refractivity contribution in [1.29, 1.82) is 0 Å². The van der Waals surface area contributed by atoms with Crippen molar-refractivity contribution < 1.29 is 63.0 Å². The lowest BCUT2D eigenvalue weighted by Gasteiger charge is -2.40. The molecule has 0 unspecified atom stereocenters. The summed E-state index contributed by atoms with van der Waals surface area (Å²) in [4.78, 5) is 26.5. The van der Waals surface area contributed by atoms with E-state index in [1.807, 2.05) is 0 Å². The number of sulfonamides is 2. The summed E-state index contributed by atoms with van der Waals surface area (Å²) in [7, 11) is -1.66. The summed E-state index contributed by atoms with van der Waals surface area (Å²) in [6, 6.07) is 2.17. The number of halogens is 8. The number of benzene rings is 2. The molecule has 356 valence electrons. The first-order chi connectivity index (χ1) is 29.8. The molecule has 2 aliphatic carbocycles. The van der Waals surface area contributed by atoms with E-state index in [1.165, 1.54) is 12.4 Å². The fraction of sp³-hybridized carbons (Fsp3) is 0.444. The van der Waals surface area contributed by atoms with Crippen LogP contribution in [-0.4, -0.2) is 124 Å². The van der Waals surface area contributed by atoms with E-state index in [0.717, 1.165) is 46.9 Å². The molecule has 0 aliphatic heterocycles. The van der Waals surface area contributed by atoms with E-state index in [4.69, 9.17) is 43.0 Å². The molecule has 2 fully saturated rings. The standard InChI is InChI=1S/2C17H20ClF3N4O2S2.2CH2O2/c2*1-25(2)14-9-17(20,21)4-3-12(14)23-13-8-11(19)15(7-10(13)18)29(26,27)24-16-22-5-6-28-16;2*2-1-3/h2*5-8,12,14,23H,3-4,9H2,1-2H3,(H,22,24);2*1H,(H,2,3)/t2*12-,14-;;/m10../s1. The van der Waals surface area contributed by atoms with E-state index in [9.17, 15) is 43.2 Å². The van der Waals surface area contributed by atoms with Crippen LogP contribution in [0.2, 0.25) is 10.0 Å². The quantitative estimate of drug-likeness (QED) is 0.0586. The largest absolute Gasteiger partial charge is 0.483 e. The molecule has 0 amide bonds. The molecule has 28 heteroatoms. The molecule has 4 aromatic rings. The molecule has 6 rings (SSSR count). The highest BCUT2D eigenvalue weighted by Crippen LogP contribution is 2.40. The van der Waals surface area contributed by atoms with Crippen molar-refractivity contribution in [3.8, 4) is 0 Å². The van der Waals surface area contributed by atoms with Gasteiger partial charge in [0.15, 0.2) is 10.3 Å². The number of carboxylic acid groups (broad SMARTS) is 2. The second-order valence-corrected chi connectivity index (χ2v) is 20.3. The zero-order valence-electron chi connectivity index (χ0n) is 34.1. The van der Waals surface area contributed by atoms with Gasteiger partial charge < -0.3 is 30.6 Å². The number of alkyl halides is 4. The van der Waals surface area contributed by atoms with Crippen LogP contribution in [-0.2, 0) is 29.6 Å². The molecule has 2 saturated carbocycles. The summed E-state index contributed by atoms with van der Waals surface area (Å²) in [5.41, 5.74) is 0.305. The van der Waals surface area contributed by atoms with Gasteiger partial charge in [-0.3, -0.25) is 19.0 Å². The molecule has 2 heterocycles. The Labute approximate surface area is 383 Å². The van der Waals surface area contributed by atoms with Crippen LogP contribution in [0.4, 0.5) is 48.0 Å². The molecule has 0 bridgehead atoms. The lowest BCUT2D eigenvalue weighted by Crippen LogP contribution is -2.50. The Morgan fingerprint density at radius 2 is 1.02 bits per heavy atom. The number of anilines is 4. The Morgan fingerprint density at radius 3 is 1.30 bits per heavy atom. The highest BCUT2D eigenvalue weighted by Gasteiger charge is 2.44. The highest BCUT2D eigenvalue weighted by atomic mass is 35.5. The summed E-state index contributed by atoms with van der Waals surface area (Å²) < 4.78 is 139. The third-order valence-corrected chi connectivity index (χ3v) is 14.5. The van der Waals surface area contributed by atoms with Crippen molar-refractivity contribution in [1.82, 2.24) is 19.8 Å². The van der Waals surface area contributed by atoms with E-state index in [0.29, 0.717) is 0 Å². The Bertz CT molecular complexity index is 2210. The lowest BCUT2D eigenvalue weighted by molar-refractivity contribution is -0.123. The first-order valence-corrected chi connectivity index (χ1v) is 23.9. The van der Waals surface area contributed by atoms with Gasteiger partial charge in [-0.25, -0.2) is 53.1 Å². The van der Waals surface area contributed by atoms with Gasteiger partial charge >= 0.3 is 0 Å². The van der Waals surface area contributed by atoms with E-state index in [1.54, 1.807) is 48.8 Å². The van der Waals surface area contributed by atoms with Gasteiger partial charge in [0.2, 0.25) is 11.8 Å².